The molecular weight excluding hydrogens is 819 g/mol. The van der Waals surface area contributed by atoms with E-state index in [0.717, 1.165) is 22.8 Å². The van der Waals surface area contributed by atoms with Crippen LogP contribution < -0.4 is 10.1 Å². The highest BCUT2D eigenvalue weighted by atomic mass is 32.2. The van der Waals surface area contributed by atoms with E-state index >= 15 is 0 Å². The van der Waals surface area contributed by atoms with E-state index in [2.05, 4.69) is 15.3 Å². The molecule has 15 nitrogen and oxygen atoms in total. The Morgan fingerprint density at radius 2 is 1.66 bits per heavy atom. The maximum atomic E-state index is 14.5. The van der Waals surface area contributed by atoms with Crippen LogP contribution in [0.4, 0.5) is 5.69 Å². The van der Waals surface area contributed by atoms with Crippen molar-refractivity contribution in [1.82, 2.24) is 9.97 Å². The van der Waals surface area contributed by atoms with Gasteiger partial charge in [0.05, 0.1) is 51.5 Å². The van der Waals surface area contributed by atoms with Crippen LogP contribution in [0.5, 0.6) is 23.0 Å². The average Bonchev–Trinajstić information content (AvgIpc) is 3.78. The van der Waals surface area contributed by atoms with Crippen molar-refractivity contribution < 1.29 is 58.9 Å². The molecule has 1 amide bonds. The minimum atomic E-state index is -2.04. The maximum Gasteiger partial charge on any atom is 0.312 e. The molecule has 62 heavy (non-hydrogen) atoms. The number of aromatic amines is 1. The number of nitrogens with zero attached hydrogens (tertiary/aromatic N) is 1. The summed E-state index contributed by atoms with van der Waals surface area (Å²) < 4.78 is 23.7. The fourth-order valence-corrected chi connectivity index (χ4v) is 9.24. The van der Waals surface area contributed by atoms with Crippen molar-refractivity contribution in [3.63, 3.8) is 0 Å². The zero-order valence-electron chi connectivity index (χ0n) is 36.2. The average molecular weight is 874 g/mol. The molecule has 332 valence electrons. The number of Topliss-reactive ketones (excluding diaryl/α,β-unsaturated/α-hetero) is 1. The number of hydrogen-bond donors (Lipinski definition) is 7. The lowest BCUT2D eigenvalue weighted by atomic mass is 9.78. The van der Waals surface area contributed by atoms with Crippen molar-refractivity contribution in [3.05, 3.63) is 77.4 Å². The minimum Gasteiger partial charge on any atom is -0.507 e. The Labute approximate surface area is 363 Å². The predicted octanol–water partition coefficient (Wildman–Crippen LogP) is 6.97. The molecule has 1 aromatic heterocycles. The smallest absolute Gasteiger partial charge is 0.312 e. The van der Waals surface area contributed by atoms with E-state index in [4.69, 9.17) is 18.9 Å². The van der Waals surface area contributed by atoms with Crippen molar-refractivity contribution in [3.8, 4) is 23.0 Å². The van der Waals surface area contributed by atoms with Gasteiger partial charge in [0, 0.05) is 73.3 Å². The number of thioether (sulfide) groups is 1. The molecule has 0 aliphatic carbocycles. The van der Waals surface area contributed by atoms with Gasteiger partial charge in [-0.2, -0.15) is 0 Å². The molecule has 3 aliphatic heterocycles. The molecule has 3 aliphatic rings. The molecule has 9 atom stereocenters. The number of benzene rings is 3. The van der Waals surface area contributed by atoms with Gasteiger partial charge < -0.3 is 54.8 Å². The summed E-state index contributed by atoms with van der Waals surface area (Å²) in [6.45, 7) is 12.6. The number of aryl methyl sites for hydroxylation is 1. The molecule has 9 unspecified atom stereocenters. The quantitative estimate of drug-likeness (QED) is 0.0450. The lowest BCUT2D eigenvalue weighted by molar-refractivity contribution is -0.160. The molecule has 0 fully saturated rings. The number of para-hydroxylation sites is 2. The number of hydrogen-bond acceptors (Lipinski definition) is 14. The largest absolute Gasteiger partial charge is 0.507 e. The molecule has 0 spiro atoms. The highest BCUT2D eigenvalue weighted by Gasteiger charge is 2.50. The van der Waals surface area contributed by atoms with E-state index in [0.29, 0.717) is 18.0 Å². The van der Waals surface area contributed by atoms with Crippen LogP contribution in [0.25, 0.3) is 21.8 Å². The molecular formula is C46H55N3O12S. The number of ketones is 1. The van der Waals surface area contributed by atoms with Gasteiger partial charge in [0.15, 0.2) is 5.75 Å². The number of phenols is 3. The Morgan fingerprint density at radius 3 is 2.34 bits per heavy atom. The van der Waals surface area contributed by atoms with Crippen molar-refractivity contribution in [2.45, 2.75) is 96.9 Å². The number of allylic oxidation sites excluding steroid dienone is 2. The highest BCUT2D eigenvalue weighted by Crippen LogP contribution is 2.57. The molecule has 4 heterocycles. The first-order valence-corrected chi connectivity index (χ1v) is 21.4. The Balaban J connectivity index is 1.48. The molecule has 7 N–H and O–H groups in total. The number of anilines is 1. The van der Waals surface area contributed by atoms with E-state index in [9.17, 15) is 39.9 Å². The van der Waals surface area contributed by atoms with E-state index in [1.165, 1.54) is 53.2 Å². The van der Waals surface area contributed by atoms with Gasteiger partial charge in [0.25, 0.3) is 11.7 Å². The van der Waals surface area contributed by atoms with Crippen LogP contribution in [-0.2, 0) is 30.2 Å². The van der Waals surface area contributed by atoms with Crippen molar-refractivity contribution in [2.24, 2.45) is 23.7 Å². The van der Waals surface area contributed by atoms with E-state index in [1.54, 1.807) is 39.8 Å². The van der Waals surface area contributed by atoms with Crippen LogP contribution in [0.2, 0.25) is 0 Å². The second-order valence-electron chi connectivity index (χ2n) is 16.3. The van der Waals surface area contributed by atoms with Gasteiger partial charge in [-0.15, -0.1) is 11.8 Å². The number of fused-ring (bicyclic) bond motifs is 15. The first-order valence-electron chi connectivity index (χ1n) is 20.5. The van der Waals surface area contributed by atoms with Crippen LogP contribution in [0, 0.1) is 30.6 Å². The molecule has 0 saturated carbocycles. The minimum absolute atomic E-state index is 0.0164. The first-order chi connectivity index (χ1) is 29.3. The number of phenolic OH excluding ortho intramolecular Hbond substituents is 3. The molecule has 0 radical (unpaired) electrons. The number of amides is 1. The zero-order valence-corrected chi connectivity index (χ0v) is 37.0. The number of carbonyl (C=O) groups excluding carboxylic acids is 3. The summed E-state index contributed by atoms with van der Waals surface area (Å²) in [5, 5.41) is 61.0. The van der Waals surface area contributed by atoms with Gasteiger partial charge in [-0.1, -0.05) is 58.1 Å². The topological polar surface area (TPSA) is 230 Å². The summed E-state index contributed by atoms with van der Waals surface area (Å²) in [7, 11) is 1.44. The lowest BCUT2D eigenvalue weighted by Gasteiger charge is -2.38. The van der Waals surface area contributed by atoms with Gasteiger partial charge in [-0.3, -0.25) is 14.4 Å². The third-order valence-electron chi connectivity index (χ3n) is 12.0. The van der Waals surface area contributed by atoms with E-state index < -0.39 is 88.8 Å². The van der Waals surface area contributed by atoms with Gasteiger partial charge in [0.1, 0.15) is 34.9 Å². The number of H-pyrrole nitrogens is 1. The fourth-order valence-electron chi connectivity index (χ4n) is 8.21. The summed E-state index contributed by atoms with van der Waals surface area (Å²) >= 11 is 1.09. The standard InChI is InChI=1S/C46H55N3O12S/c1-21-13-12-14-22(2)45(57)49-35-39(54)33-32(40(55)43(35)62-20-18-31-47-28-15-10-11-16-29(28)48-31)34-42(26(6)38(33)53)61-46(8,44(34)56)59-19-17-30(58-9)23(3)41(60-27(7)50)25(5)37(52)24(4)36(21)51/h10-17,19,21,23-25,30,36-37,41,51-55H,18,20H2,1-9H3,(H,47,48)(H,49,57). The van der Waals surface area contributed by atoms with Gasteiger partial charge in [0.2, 0.25) is 0 Å². The third-order valence-corrected chi connectivity index (χ3v) is 13.1. The molecule has 3 aromatic carbocycles. The number of aromatic hydroxyl groups is 3. The van der Waals surface area contributed by atoms with Gasteiger partial charge in [-0.05, 0) is 32.1 Å². The summed E-state index contributed by atoms with van der Waals surface area (Å²) in [4.78, 5) is 48.6. The lowest BCUT2D eigenvalue weighted by Crippen LogP contribution is -2.46. The Hall–Kier alpha value is -5.55. The summed E-state index contributed by atoms with van der Waals surface area (Å²) in [5.41, 5.74) is 1.50. The van der Waals surface area contributed by atoms with Gasteiger partial charge >= 0.3 is 11.8 Å². The molecule has 16 heteroatoms. The van der Waals surface area contributed by atoms with Crippen LogP contribution in [0.1, 0.15) is 70.2 Å². The van der Waals surface area contributed by atoms with Crippen molar-refractivity contribution in [2.75, 3.05) is 18.2 Å². The number of aromatic nitrogens is 2. The summed E-state index contributed by atoms with van der Waals surface area (Å²) in [6, 6.07) is 7.54. The van der Waals surface area contributed by atoms with Crippen molar-refractivity contribution >= 4 is 56.9 Å². The number of imidazole rings is 1. The second kappa shape index (κ2) is 18.4. The molecule has 5 bridgehead atoms. The first kappa shape index (κ1) is 46.0. The third kappa shape index (κ3) is 8.73. The van der Waals surface area contributed by atoms with Crippen LogP contribution in [0.3, 0.4) is 0 Å². The molecule has 0 saturated heterocycles. The number of rotatable bonds is 6. The number of aliphatic hydroxyl groups is 2. The maximum absolute atomic E-state index is 14.5. The normalized spacial score (nSPS) is 27.3. The number of carbonyl (C=O) groups is 3. The Kier molecular flexibility index (Phi) is 13.7. The van der Waals surface area contributed by atoms with Crippen LogP contribution in [0.15, 0.2) is 65.3 Å². The number of nitrogens with one attached hydrogen (secondary N) is 2. The predicted molar refractivity (Wildman–Crippen MR) is 234 cm³/mol. The SMILES string of the molecule is COC1C=COC2(C)Oc3c(C)c(O)c4c(O)c(c(SCCc5nc6ccccc6[nH]5)c(O)c4c3C2=O)NC(=O)C(C)=CC=CC(C)C(O)C(C)C(O)C(C)C(OC(C)=O)C1C. The Morgan fingerprint density at radius 1 is 0.952 bits per heavy atom. The van der Waals surface area contributed by atoms with E-state index in [-0.39, 0.29) is 43.8 Å². The molecule has 4 aromatic rings. The summed E-state index contributed by atoms with van der Waals surface area (Å²) in [6.07, 6.45) is 3.98. The number of methoxy groups -OCH3 is 1. The van der Waals surface area contributed by atoms with Crippen molar-refractivity contribution in [1.29, 1.82) is 0 Å². The van der Waals surface area contributed by atoms with Crippen LogP contribution >= 0.6 is 11.8 Å². The number of esters is 1. The highest BCUT2D eigenvalue weighted by molar-refractivity contribution is 7.99. The van der Waals surface area contributed by atoms with Gasteiger partial charge in [-0.25, -0.2) is 4.98 Å². The molecule has 7 rings (SSSR count). The fraction of sp³-hybridized carbons (Fsp3) is 0.435. The monoisotopic (exact) mass is 873 g/mol. The number of aliphatic hydroxyl groups excluding tert-OH is 2. The van der Waals surface area contributed by atoms with E-state index in [1.807, 2.05) is 24.3 Å². The second-order valence-corrected chi connectivity index (χ2v) is 17.4. The Bertz CT molecular complexity index is 2450. The number of ether oxygens (including phenoxy) is 4. The van der Waals surface area contributed by atoms with Crippen LogP contribution in [-0.4, -0.2) is 96.2 Å². The zero-order chi connectivity index (χ0) is 45.4. The summed E-state index contributed by atoms with van der Waals surface area (Å²) in [5.74, 6) is -7.25.